The molecule has 2 heterocycles. The van der Waals surface area contributed by atoms with Crippen LogP contribution in [0.5, 0.6) is 0 Å². The van der Waals surface area contributed by atoms with Gasteiger partial charge in [0.25, 0.3) is 0 Å². The number of para-hydroxylation sites is 1. The van der Waals surface area contributed by atoms with Crippen molar-refractivity contribution in [2.24, 2.45) is 4.99 Å². The minimum Gasteiger partial charge on any atom is -0.378 e. The van der Waals surface area contributed by atoms with E-state index in [-0.39, 0.29) is 5.82 Å². The maximum absolute atomic E-state index is 13.2. The molecule has 0 atom stereocenters. The maximum atomic E-state index is 13.2. The van der Waals surface area contributed by atoms with Gasteiger partial charge in [-0.15, -0.1) is 0 Å². The van der Waals surface area contributed by atoms with Crippen LogP contribution in [0.1, 0.15) is 11.1 Å². The van der Waals surface area contributed by atoms with Crippen LogP contribution in [0.3, 0.4) is 0 Å². The molecule has 31 heavy (non-hydrogen) atoms. The van der Waals surface area contributed by atoms with Crippen molar-refractivity contribution in [3.05, 3.63) is 95.9 Å². The second kappa shape index (κ2) is 8.74. The number of benzene rings is 3. The lowest BCUT2D eigenvalue weighted by molar-refractivity contribution is 0.122. The van der Waals surface area contributed by atoms with E-state index in [0.717, 1.165) is 54.0 Å². The zero-order valence-corrected chi connectivity index (χ0v) is 17.2. The maximum Gasteiger partial charge on any atom is 0.123 e. The summed E-state index contributed by atoms with van der Waals surface area (Å²) in [4.78, 5) is 7.05. The second-order valence-electron chi connectivity index (χ2n) is 7.73. The van der Waals surface area contributed by atoms with Crippen molar-refractivity contribution in [1.29, 1.82) is 0 Å². The molecule has 0 N–H and O–H groups in total. The van der Waals surface area contributed by atoms with Gasteiger partial charge in [-0.25, -0.2) is 4.39 Å². The highest BCUT2D eigenvalue weighted by Crippen LogP contribution is 2.24. The van der Waals surface area contributed by atoms with Gasteiger partial charge >= 0.3 is 0 Å². The highest BCUT2D eigenvalue weighted by Gasteiger charge is 2.11. The zero-order chi connectivity index (χ0) is 21.0. The Kier molecular flexibility index (Phi) is 5.50. The molecule has 0 amide bonds. The highest BCUT2D eigenvalue weighted by molar-refractivity contribution is 6.00. The summed E-state index contributed by atoms with van der Waals surface area (Å²) in [5, 5.41) is 1.15. The first-order chi connectivity index (χ1) is 15.3. The number of nitrogens with zero attached hydrogens (tertiary/aromatic N) is 3. The number of rotatable bonds is 5. The molecule has 1 saturated heterocycles. The first kappa shape index (κ1) is 19.5. The van der Waals surface area contributed by atoms with Crippen molar-refractivity contribution in [2.75, 3.05) is 31.2 Å². The van der Waals surface area contributed by atoms with E-state index in [0.29, 0.717) is 6.54 Å². The van der Waals surface area contributed by atoms with Crippen LogP contribution in [0, 0.1) is 5.82 Å². The Bertz CT molecular complexity index is 1190. The molecule has 3 aromatic carbocycles. The van der Waals surface area contributed by atoms with Crippen LogP contribution in [0.2, 0.25) is 0 Å². The number of morpholine rings is 1. The van der Waals surface area contributed by atoms with Crippen molar-refractivity contribution in [1.82, 2.24) is 4.57 Å². The third kappa shape index (κ3) is 4.37. The summed E-state index contributed by atoms with van der Waals surface area (Å²) >= 11 is 0. The third-order valence-corrected chi connectivity index (χ3v) is 5.66. The van der Waals surface area contributed by atoms with Crippen molar-refractivity contribution in [3.63, 3.8) is 0 Å². The van der Waals surface area contributed by atoms with E-state index in [1.807, 2.05) is 30.5 Å². The molecule has 1 fully saturated rings. The zero-order valence-electron chi connectivity index (χ0n) is 17.2. The molecule has 0 radical (unpaired) electrons. The highest BCUT2D eigenvalue weighted by atomic mass is 19.1. The lowest BCUT2D eigenvalue weighted by atomic mass is 10.2. The summed E-state index contributed by atoms with van der Waals surface area (Å²) in [6, 6.07) is 23.3. The van der Waals surface area contributed by atoms with Gasteiger partial charge in [0.05, 0.1) is 18.9 Å². The summed E-state index contributed by atoms with van der Waals surface area (Å²) in [5.41, 5.74) is 5.39. The molecule has 4 nitrogen and oxygen atoms in total. The molecule has 4 aromatic rings. The first-order valence-corrected chi connectivity index (χ1v) is 10.6. The predicted molar refractivity (Wildman–Crippen MR) is 124 cm³/mol. The van der Waals surface area contributed by atoms with Gasteiger partial charge in [0.15, 0.2) is 0 Å². The molecule has 0 aliphatic carbocycles. The minimum atomic E-state index is -0.214. The molecule has 0 spiro atoms. The molecule has 1 aromatic heterocycles. The molecular formula is C26H24FN3O. The summed E-state index contributed by atoms with van der Waals surface area (Å²) in [6.45, 7) is 4.10. The Balaban J connectivity index is 1.38. The fourth-order valence-electron chi connectivity index (χ4n) is 4.01. The second-order valence-corrected chi connectivity index (χ2v) is 7.73. The Morgan fingerprint density at radius 1 is 0.903 bits per heavy atom. The van der Waals surface area contributed by atoms with Gasteiger partial charge in [-0.1, -0.05) is 30.3 Å². The molecule has 0 bridgehead atoms. The number of halogens is 1. The van der Waals surface area contributed by atoms with Crippen LogP contribution >= 0.6 is 0 Å². The molecule has 5 heteroatoms. The van der Waals surface area contributed by atoms with Gasteiger partial charge in [-0.2, -0.15) is 0 Å². The number of hydrogen-bond donors (Lipinski definition) is 0. The molecule has 0 unspecified atom stereocenters. The summed E-state index contributed by atoms with van der Waals surface area (Å²) in [5.74, 6) is -0.214. The smallest absolute Gasteiger partial charge is 0.123 e. The number of hydrogen-bond acceptors (Lipinski definition) is 3. The SMILES string of the molecule is Fc1ccc(Cn2cc(C=Nc3ccc(N4CCOCC4)cc3)c3ccccc32)cc1. The van der Waals surface area contributed by atoms with Crippen molar-refractivity contribution in [3.8, 4) is 0 Å². The average Bonchev–Trinajstić information content (AvgIpc) is 3.17. The molecule has 5 rings (SSSR count). The molecule has 0 saturated carbocycles. The van der Waals surface area contributed by atoms with E-state index in [9.17, 15) is 4.39 Å². The number of aliphatic imine (C=N–C) groups is 1. The molecule has 1 aliphatic rings. The lowest BCUT2D eigenvalue weighted by Gasteiger charge is -2.28. The predicted octanol–water partition coefficient (Wildman–Crippen LogP) is 5.42. The topological polar surface area (TPSA) is 29.8 Å². The van der Waals surface area contributed by atoms with Crippen molar-refractivity contribution >= 4 is 28.5 Å². The molecule has 156 valence electrons. The van der Waals surface area contributed by atoms with E-state index in [1.165, 1.54) is 17.8 Å². The number of fused-ring (bicyclic) bond motifs is 1. The van der Waals surface area contributed by atoms with Crippen LogP contribution in [-0.2, 0) is 11.3 Å². The number of ether oxygens (including phenoxy) is 1. The van der Waals surface area contributed by atoms with Crippen molar-refractivity contribution in [2.45, 2.75) is 6.54 Å². The molecular weight excluding hydrogens is 389 g/mol. The Labute approximate surface area is 181 Å². The Morgan fingerprint density at radius 3 is 2.42 bits per heavy atom. The monoisotopic (exact) mass is 413 g/mol. The van der Waals surface area contributed by atoms with E-state index in [2.05, 4.69) is 52.1 Å². The Hall–Kier alpha value is -3.44. The third-order valence-electron chi connectivity index (χ3n) is 5.66. The van der Waals surface area contributed by atoms with E-state index in [1.54, 1.807) is 0 Å². The fraction of sp³-hybridized carbons (Fsp3) is 0.192. The van der Waals surface area contributed by atoms with Gasteiger partial charge in [-0.3, -0.25) is 4.99 Å². The fourth-order valence-corrected chi connectivity index (χ4v) is 4.01. The van der Waals surface area contributed by atoms with E-state index >= 15 is 0 Å². The van der Waals surface area contributed by atoms with Gasteiger partial charge < -0.3 is 14.2 Å². The van der Waals surface area contributed by atoms with Crippen LogP contribution in [0.15, 0.2) is 84.0 Å². The minimum absolute atomic E-state index is 0.214. The van der Waals surface area contributed by atoms with Crippen LogP contribution < -0.4 is 4.90 Å². The van der Waals surface area contributed by atoms with Crippen LogP contribution in [0.4, 0.5) is 15.8 Å². The normalized spacial score (nSPS) is 14.5. The Morgan fingerprint density at radius 2 is 1.65 bits per heavy atom. The number of anilines is 1. The summed E-state index contributed by atoms with van der Waals surface area (Å²) in [6.07, 6.45) is 4.03. The van der Waals surface area contributed by atoms with Gasteiger partial charge in [0.2, 0.25) is 0 Å². The summed E-state index contributed by atoms with van der Waals surface area (Å²) in [7, 11) is 0. The van der Waals surface area contributed by atoms with Crippen molar-refractivity contribution < 1.29 is 9.13 Å². The van der Waals surface area contributed by atoms with E-state index < -0.39 is 0 Å². The van der Waals surface area contributed by atoms with E-state index in [4.69, 9.17) is 9.73 Å². The van der Waals surface area contributed by atoms with Gasteiger partial charge in [0.1, 0.15) is 5.82 Å². The van der Waals surface area contributed by atoms with Gasteiger partial charge in [0, 0.05) is 54.2 Å². The standard InChI is InChI=1S/C26H24FN3O/c27-22-7-5-20(6-8-22)18-30-19-21(25-3-1-2-4-26(25)30)17-28-23-9-11-24(12-10-23)29-13-15-31-16-14-29/h1-12,17,19H,13-16,18H2. The summed E-state index contributed by atoms with van der Waals surface area (Å²) < 4.78 is 20.9. The van der Waals surface area contributed by atoms with Crippen LogP contribution in [0.25, 0.3) is 10.9 Å². The average molecular weight is 413 g/mol. The van der Waals surface area contributed by atoms with Crippen LogP contribution in [-0.4, -0.2) is 37.1 Å². The largest absolute Gasteiger partial charge is 0.378 e. The van der Waals surface area contributed by atoms with Gasteiger partial charge in [-0.05, 0) is 48.0 Å². The number of aromatic nitrogens is 1. The lowest BCUT2D eigenvalue weighted by Crippen LogP contribution is -2.36. The quantitative estimate of drug-likeness (QED) is 0.409. The molecule has 1 aliphatic heterocycles. The first-order valence-electron chi connectivity index (χ1n) is 10.6.